The van der Waals surface area contributed by atoms with Gasteiger partial charge in [-0.2, -0.15) is 0 Å². The van der Waals surface area contributed by atoms with E-state index >= 15 is 0 Å². The summed E-state index contributed by atoms with van der Waals surface area (Å²) in [5.41, 5.74) is 1.22. The minimum absolute atomic E-state index is 0.0164. The van der Waals surface area contributed by atoms with Gasteiger partial charge in [0.05, 0.1) is 4.92 Å². The molecule has 0 saturated carbocycles. The zero-order valence-electron chi connectivity index (χ0n) is 8.90. The summed E-state index contributed by atoms with van der Waals surface area (Å²) in [6.07, 6.45) is 1.03. The van der Waals surface area contributed by atoms with Gasteiger partial charge in [0.1, 0.15) is 0 Å². The summed E-state index contributed by atoms with van der Waals surface area (Å²) in [5, 5.41) is 11.3. The number of hydrogen-bond donors (Lipinski definition) is 0. The Hall–Kier alpha value is -1.23. The van der Waals surface area contributed by atoms with Gasteiger partial charge in [0, 0.05) is 29.4 Å². The zero-order chi connectivity index (χ0) is 12.1. The van der Waals surface area contributed by atoms with Crippen LogP contribution < -0.4 is 0 Å². The lowest BCUT2D eigenvalue weighted by Gasteiger charge is -2.02. The van der Waals surface area contributed by atoms with Gasteiger partial charge in [-0.1, -0.05) is 22.9 Å². The molecule has 0 unspecified atom stereocenters. The number of halogens is 1. The van der Waals surface area contributed by atoms with E-state index in [0.29, 0.717) is 23.7 Å². The van der Waals surface area contributed by atoms with E-state index < -0.39 is 4.92 Å². The van der Waals surface area contributed by atoms with Crippen molar-refractivity contribution in [1.82, 2.24) is 0 Å². The van der Waals surface area contributed by atoms with Crippen LogP contribution in [0.15, 0.2) is 18.2 Å². The summed E-state index contributed by atoms with van der Waals surface area (Å²) in [6.45, 7) is 1.90. The Bertz CT molecular complexity index is 418. The number of non-ortho nitro benzene ring substituents is 1. The van der Waals surface area contributed by atoms with E-state index in [9.17, 15) is 14.9 Å². The predicted octanol–water partition coefficient (Wildman–Crippen LogP) is 3.12. The summed E-state index contributed by atoms with van der Waals surface area (Å²) in [4.78, 5) is 21.9. The topological polar surface area (TPSA) is 60.2 Å². The molecule has 0 saturated heterocycles. The van der Waals surface area contributed by atoms with E-state index in [4.69, 9.17) is 0 Å². The Balaban J connectivity index is 3.13. The van der Waals surface area contributed by atoms with Gasteiger partial charge in [-0.05, 0) is 18.1 Å². The van der Waals surface area contributed by atoms with E-state index in [2.05, 4.69) is 15.9 Å². The molecular formula is C11H12BrNO3. The smallest absolute Gasteiger partial charge is 0.270 e. The molecule has 0 aromatic heterocycles. The minimum atomic E-state index is -0.468. The third-order valence-corrected chi connectivity index (χ3v) is 2.64. The molecule has 0 amide bonds. The highest BCUT2D eigenvalue weighted by atomic mass is 79.9. The molecule has 4 nitrogen and oxygen atoms in total. The third kappa shape index (κ3) is 3.13. The molecule has 0 aliphatic heterocycles. The number of nitro benzene ring substituents is 1. The molecule has 0 radical (unpaired) electrons. The van der Waals surface area contributed by atoms with Crippen LogP contribution in [0.1, 0.15) is 29.3 Å². The first-order valence-corrected chi connectivity index (χ1v) is 6.08. The maximum atomic E-state index is 11.6. The van der Waals surface area contributed by atoms with Crippen molar-refractivity contribution in [2.24, 2.45) is 0 Å². The summed E-state index contributed by atoms with van der Waals surface area (Å²) in [6, 6.07) is 4.56. The van der Waals surface area contributed by atoms with Crippen LogP contribution in [0.25, 0.3) is 0 Å². The van der Waals surface area contributed by atoms with Crippen molar-refractivity contribution in [1.29, 1.82) is 0 Å². The molecule has 1 aromatic rings. The van der Waals surface area contributed by atoms with Gasteiger partial charge in [0.15, 0.2) is 5.78 Å². The molecule has 0 aliphatic rings. The quantitative estimate of drug-likeness (QED) is 0.361. The molecule has 0 spiro atoms. The molecule has 5 heteroatoms. The maximum Gasteiger partial charge on any atom is 0.270 e. The summed E-state index contributed by atoms with van der Waals surface area (Å²) < 4.78 is 0. The largest absolute Gasteiger partial charge is 0.294 e. The first-order valence-electron chi connectivity index (χ1n) is 4.96. The van der Waals surface area contributed by atoms with Crippen molar-refractivity contribution < 1.29 is 9.72 Å². The van der Waals surface area contributed by atoms with Gasteiger partial charge in [-0.25, -0.2) is 0 Å². The average Bonchev–Trinajstić information content (AvgIpc) is 2.28. The van der Waals surface area contributed by atoms with Gasteiger partial charge >= 0.3 is 0 Å². The molecule has 1 rings (SSSR count). The number of Topliss-reactive ketones (excluding diaryl/α,β-unsaturated/α-hetero) is 1. The molecule has 0 bridgehead atoms. The van der Waals surface area contributed by atoms with Gasteiger partial charge in [-0.15, -0.1) is 0 Å². The molecule has 0 heterocycles. The molecule has 0 aliphatic carbocycles. The molecular weight excluding hydrogens is 274 g/mol. The number of nitro groups is 1. The number of benzene rings is 1. The van der Waals surface area contributed by atoms with Crippen LogP contribution in [-0.2, 0) is 6.42 Å². The Labute approximate surface area is 102 Å². The maximum absolute atomic E-state index is 11.6. The second-order valence-corrected chi connectivity index (χ2v) is 4.15. The first kappa shape index (κ1) is 12.8. The Morgan fingerprint density at radius 2 is 2.12 bits per heavy atom. The normalized spacial score (nSPS) is 10.1. The Morgan fingerprint density at radius 3 is 2.62 bits per heavy atom. The van der Waals surface area contributed by atoms with Crippen LogP contribution in [0.5, 0.6) is 0 Å². The van der Waals surface area contributed by atoms with Crippen molar-refractivity contribution in [2.45, 2.75) is 19.8 Å². The number of aryl methyl sites for hydroxylation is 1. The van der Waals surface area contributed by atoms with Crippen molar-refractivity contribution >= 4 is 27.4 Å². The van der Waals surface area contributed by atoms with E-state index in [-0.39, 0.29) is 11.5 Å². The highest BCUT2D eigenvalue weighted by Crippen LogP contribution is 2.19. The van der Waals surface area contributed by atoms with Crippen molar-refractivity contribution in [2.75, 3.05) is 5.33 Å². The fourth-order valence-electron chi connectivity index (χ4n) is 1.37. The van der Waals surface area contributed by atoms with Crippen LogP contribution in [0.3, 0.4) is 0 Å². The number of carbonyl (C=O) groups is 1. The number of rotatable bonds is 5. The van der Waals surface area contributed by atoms with Crippen LogP contribution in [0.4, 0.5) is 5.69 Å². The average molecular weight is 286 g/mol. The number of ketones is 1. The molecule has 86 valence electrons. The fraction of sp³-hybridized carbons (Fsp3) is 0.364. The van der Waals surface area contributed by atoms with Crippen LogP contribution in [-0.4, -0.2) is 16.0 Å². The van der Waals surface area contributed by atoms with Crippen molar-refractivity contribution in [3.63, 3.8) is 0 Å². The summed E-state index contributed by atoms with van der Waals surface area (Å²) in [7, 11) is 0. The molecule has 0 atom stereocenters. The minimum Gasteiger partial charge on any atom is -0.294 e. The van der Waals surface area contributed by atoms with Crippen LogP contribution in [0, 0.1) is 10.1 Å². The lowest BCUT2D eigenvalue weighted by Crippen LogP contribution is -2.02. The number of nitrogens with zero attached hydrogens (tertiary/aromatic N) is 1. The monoisotopic (exact) mass is 285 g/mol. The second kappa shape index (κ2) is 5.75. The standard InChI is InChI=1S/C11H12BrNO3/c1-2-8-5-9(11(14)3-4-12)7-10(6-8)13(15)16/h5-7H,2-4H2,1H3. The zero-order valence-corrected chi connectivity index (χ0v) is 10.5. The lowest BCUT2D eigenvalue weighted by atomic mass is 10.0. The van der Waals surface area contributed by atoms with Crippen LogP contribution >= 0.6 is 15.9 Å². The SMILES string of the molecule is CCc1cc(C(=O)CCBr)cc([N+](=O)[O-])c1. The Morgan fingerprint density at radius 1 is 1.44 bits per heavy atom. The summed E-state index contributed by atoms with van der Waals surface area (Å²) in [5.74, 6) is -0.0738. The number of carbonyl (C=O) groups excluding carboxylic acids is 1. The highest BCUT2D eigenvalue weighted by molar-refractivity contribution is 9.09. The first-order chi connectivity index (χ1) is 7.58. The van der Waals surface area contributed by atoms with Gasteiger partial charge in [0.25, 0.3) is 5.69 Å². The summed E-state index contributed by atoms with van der Waals surface area (Å²) >= 11 is 3.18. The van der Waals surface area contributed by atoms with Gasteiger partial charge in [-0.3, -0.25) is 14.9 Å². The molecule has 0 fully saturated rings. The van der Waals surface area contributed by atoms with E-state index in [0.717, 1.165) is 5.56 Å². The number of hydrogen-bond acceptors (Lipinski definition) is 3. The number of alkyl halides is 1. The highest BCUT2D eigenvalue weighted by Gasteiger charge is 2.13. The van der Waals surface area contributed by atoms with E-state index in [1.807, 2.05) is 6.92 Å². The molecule has 16 heavy (non-hydrogen) atoms. The molecule has 0 N–H and O–H groups in total. The third-order valence-electron chi connectivity index (χ3n) is 2.24. The van der Waals surface area contributed by atoms with Crippen molar-refractivity contribution in [3.05, 3.63) is 39.4 Å². The fourth-order valence-corrected chi connectivity index (χ4v) is 1.73. The Kier molecular flexibility index (Phi) is 4.61. The van der Waals surface area contributed by atoms with E-state index in [1.54, 1.807) is 6.07 Å². The second-order valence-electron chi connectivity index (χ2n) is 3.36. The lowest BCUT2D eigenvalue weighted by molar-refractivity contribution is -0.384. The molecule has 1 aromatic carbocycles. The predicted molar refractivity (Wildman–Crippen MR) is 65.2 cm³/mol. The van der Waals surface area contributed by atoms with Gasteiger partial charge < -0.3 is 0 Å². The van der Waals surface area contributed by atoms with Crippen LogP contribution in [0.2, 0.25) is 0 Å². The van der Waals surface area contributed by atoms with Crippen molar-refractivity contribution in [3.8, 4) is 0 Å². The van der Waals surface area contributed by atoms with E-state index in [1.165, 1.54) is 12.1 Å². The van der Waals surface area contributed by atoms with Gasteiger partial charge in [0.2, 0.25) is 0 Å².